The Hall–Kier alpha value is 0.306. The predicted molar refractivity (Wildman–Crippen MR) is 62.0 cm³/mol. The molecule has 0 spiro atoms. The second kappa shape index (κ2) is 7.03. The van der Waals surface area contributed by atoms with Gasteiger partial charge in [-0.2, -0.15) is 5.10 Å². The number of rotatable bonds is 3. The number of hydrogen-bond acceptors (Lipinski definition) is 3. The molecule has 0 atom stereocenters. The number of nitrogens with one attached hydrogen (secondary N) is 1. The van der Waals surface area contributed by atoms with Gasteiger partial charge in [-0.25, -0.2) is 0 Å². The van der Waals surface area contributed by atoms with E-state index in [-0.39, 0.29) is 57.4 Å². The van der Waals surface area contributed by atoms with Crippen LogP contribution in [0.4, 0.5) is 0 Å². The minimum Gasteiger partial charge on any atom is -0.844 e. The van der Waals surface area contributed by atoms with E-state index in [4.69, 9.17) is 23.8 Å². The largest absolute Gasteiger partial charge is 1.00 e. The molecule has 1 aromatic carbocycles. The second-order valence-electron chi connectivity index (χ2n) is 3.34. The average Bonchev–Trinajstić information content (AvgIpc) is 2.59. The molecular formula is C10H9ClKN3OS. The molecule has 7 heteroatoms. The van der Waals surface area contributed by atoms with E-state index < -0.39 is 0 Å². The molecule has 0 aliphatic carbocycles. The van der Waals surface area contributed by atoms with Crippen LogP contribution in [0.3, 0.4) is 0 Å². The molecular weight excluding hydrogens is 285 g/mol. The Balaban J connectivity index is 0.00000144. The van der Waals surface area contributed by atoms with Gasteiger partial charge < -0.3 is 9.67 Å². The van der Waals surface area contributed by atoms with Gasteiger partial charge in [-0.3, -0.25) is 5.10 Å². The van der Waals surface area contributed by atoms with Gasteiger partial charge in [-0.05, 0) is 36.3 Å². The third-order valence-corrected chi connectivity index (χ3v) is 2.82. The number of nitrogens with zero attached hydrogens (tertiary/aromatic N) is 2. The van der Waals surface area contributed by atoms with Gasteiger partial charge in [-0.15, -0.1) is 0 Å². The normalized spacial score (nSPS) is 9.94. The van der Waals surface area contributed by atoms with E-state index in [0.29, 0.717) is 16.3 Å². The maximum Gasteiger partial charge on any atom is 1.00 e. The van der Waals surface area contributed by atoms with E-state index in [9.17, 15) is 5.11 Å². The van der Waals surface area contributed by atoms with Crippen LogP contribution in [0.15, 0.2) is 24.3 Å². The molecule has 2 rings (SSSR count). The summed E-state index contributed by atoms with van der Waals surface area (Å²) in [4.78, 5) is 0. The summed E-state index contributed by atoms with van der Waals surface area (Å²) in [6.45, 7) is 0.524. The molecule has 1 N–H and O–H groups in total. The molecule has 1 heterocycles. The molecule has 0 amide bonds. The van der Waals surface area contributed by atoms with Gasteiger partial charge >= 0.3 is 51.4 Å². The molecule has 4 nitrogen and oxygen atoms in total. The van der Waals surface area contributed by atoms with Crippen LogP contribution in [-0.2, 0) is 13.0 Å². The molecule has 0 bridgehead atoms. The van der Waals surface area contributed by atoms with Crippen LogP contribution in [0.5, 0.6) is 6.01 Å². The van der Waals surface area contributed by atoms with Crippen molar-refractivity contribution in [3.05, 3.63) is 39.6 Å². The van der Waals surface area contributed by atoms with E-state index in [1.165, 1.54) is 4.57 Å². The summed E-state index contributed by atoms with van der Waals surface area (Å²) in [7, 11) is 0. The number of aromatic nitrogens is 3. The van der Waals surface area contributed by atoms with E-state index in [0.717, 1.165) is 12.0 Å². The maximum atomic E-state index is 11.2. The first kappa shape index (κ1) is 15.4. The molecule has 0 aliphatic rings. The number of aryl methyl sites for hydroxylation is 1. The van der Waals surface area contributed by atoms with Crippen molar-refractivity contribution in [2.24, 2.45) is 0 Å². The van der Waals surface area contributed by atoms with Crippen molar-refractivity contribution < 1.29 is 56.5 Å². The fourth-order valence-electron chi connectivity index (χ4n) is 1.39. The zero-order chi connectivity index (χ0) is 11.5. The van der Waals surface area contributed by atoms with Crippen molar-refractivity contribution >= 4 is 23.8 Å². The molecule has 0 saturated carbocycles. The van der Waals surface area contributed by atoms with Crippen molar-refractivity contribution in [3.8, 4) is 6.01 Å². The van der Waals surface area contributed by atoms with Crippen molar-refractivity contribution in [1.29, 1.82) is 0 Å². The molecule has 84 valence electrons. The first-order valence-corrected chi connectivity index (χ1v) is 5.52. The van der Waals surface area contributed by atoms with Crippen LogP contribution in [0.25, 0.3) is 0 Å². The summed E-state index contributed by atoms with van der Waals surface area (Å²) in [6.07, 6.45) is 0.722. The molecule has 0 fully saturated rings. The molecule has 0 saturated heterocycles. The number of H-pyrrole nitrogens is 1. The second-order valence-corrected chi connectivity index (χ2v) is 4.16. The fourth-order valence-corrected chi connectivity index (χ4v) is 1.73. The Bertz CT molecular complexity index is 537. The van der Waals surface area contributed by atoms with Gasteiger partial charge in [0, 0.05) is 11.6 Å². The Kier molecular flexibility index (Phi) is 6.36. The number of halogens is 1. The molecule has 0 radical (unpaired) electrons. The Morgan fingerprint density at radius 3 is 2.53 bits per heavy atom. The Labute approximate surface area is 151 Å². The van der Waals surface area contributed by atoms with Crippen molar-refractivity contribution in [2.75, 3.05) is 0 Å². The quantitative estimate of drug-likeness (QED) is 0.578. The van der Waals surface area contributed by atoms with Crippen LogP contribution < -0.4 is 56.5 Å². The molecule has 17 heavy (non-hydrogen) atoms. The van der Waals surface area contributed by atoms with E-state index in [1.807, 2.05) is 24.3 Å². The summed E-state index contributed by atoms with van der Waals surface area (Å²) in [5.41, 5.74) is 1.10. The third kappa shape index (κ3) is 4.17. The van der Waals surface area contributed by atoms with Crippen LogP contribution in [0.1, 0.15) is 5.56 Å². The monoisotopic (exact) mass is 293 g/mol. The smallest absolute Gasteiger partial charge is 0.844 e. The van der Waals surface area contributed by atoms with Crippen LogP contribution in [0, 0.1) is 4.77 Å². The van der Waals surface area contributed by atoms with Gasteiger partial charge in [0.1, 0.15) is 0 Å². The van der Waals surface area contributed by atoms with Gasteiger partial charge in [0.15, 0.2) is 4.77 Å². The van der Waals surface area contributed by atoms with E-state index >= 15 is 0 Å². The van der Waals surface area contributed by atoms with Crippen molar-refractivity contribution in [3.63, 3.8) is 0 Å². The Morgan fingerprint density at radius 2 is 2.00 bits per heavy atom. The number of benzene rings is 1. The predicted octanol–water partition coefficient (Wildman–Crippen LogP) is -1.09. The minimum absolute atomic E-state index is 0. The molecule has 1 aromatic heterocycles. The zero-order valence-corrected chi connectivity index (χ0v) is 14.0. The topological polar surface area (TPSA) is 56.7 Å². The first-order valence-electron chi connectivity index (χ1n) is 4.73. The van der Waals surface area contributed by atoms with Gasteiger partial charge in [-0.1, -0.05) is 23.7 Å². The summed E-state index contributed by atoms with van der Waals surface area (Å²) in [6, 6.07) is 7.17. The standard InChI is InChI=1S/C10H10ClN3OS.K/c11-8-3-1-7(2-4-8)5-6-14-9(15)12-13-10(14)16;/h1-4H,5-6H2,(H,12,15)(H,13,16);/q;+1/p-1. The van der Waals surface area contributed by atoms with E-state index in [1.54, 1.807) is 0 Å². The van der Waals surface area contributed by atoms with Gasteiger partial charge in [0.05, 0.1) is 6.01 Å². The average molecular weight is 294 g/mol. The summed E-state index contributed by atoms with van der Waals surface area (Å²) >= 11 is 10.7. The summed E-state index contributed by atoms with van der Waals surface area (Å²) in [5.74, 6) is 0. The minimum atomic E-state index is -0.334. The third-order valence-electron chi connectivity index (χ3n) is 2.26. The SMILES string of the molecule is [K+].[O-]c1n[nH]c(=S)n1CCc1ccc(Cl)cc1. The number of hydrogen-bond donors (Lipinski definition) is 1. The van der Waals surface area contributed by atoms with Crippen LogP contribution in [-0.4, -0.2) is 14.8 Å². The van der Waals surface area contributed by atoms with Crippen molar-refractivity contribution in [2.45, 2.75) is 13.0 Å². The summed E-state index contributed by atoms with van der Waals surface area (Å²) in [5, 5.41) is 17.9. The molecule has 0 unspecified atom stereocenters. The molecule has 2 aromatic rings. The first-order chi connectivity index (χ1) is 7.66. The Morgan fingerprint density at radius 1 is 1.35 bits per heavy atom. The fraction of sp³-hybridized carbons (Fsp3) is 0.200. The van der Waals surface area contributed by atoms with Crippen LogP contribution in [0.2, 0.25) is 5.02 Å². The summed E-state index contributed by atoms with van der Waals surface area (Å²) < 4.78 is 1.79. The maximum absolute atomic E-state index is 11.2. The van der Waals surface area contributed by atoms with E-state index in [2.05, 4.69) is 10.2 Å². The van der Waals surface area contributed by atoms with Gasteiger partial charge in [0.25, 0.3) is 0 Å². The zero-order valence-electron chi connectivity index (χ0n) is 9.31. The number of aromatic amines is 1. The molecule has 0 aliphatic heterocycles. The van der Waals surface area contributed by atoms with Crippen LogP contribution >= 0.6 is 23.8 Å². The van der Waals surface area contributed by atoms with Crippen molar-refractivity contribution in [1.82, 2.24) is 14.8 Å². The van der Waals surface area contributed by atoms with Gasteiger partial charge in [0.2, 0.25) is 0 Å².